The standard InChI is InChI=1S/C27H35N5O5S/c1-5-9-17-31-23-25(32(18-10-6-2)27(34)29-26(23)33)28-24(31)22-16-15-21(37-22)19-11-13-20(14-12-19)38(35,36)30(7-3)8-4/h11-16H,5-10,17-18H2,1-4H3,(H,29,33,34). The molecule has 0 aliphatic rings. The summed E-state index contributed by atoms with van der Waals surface area (Å²) >= 11 is 0. The van der Waals surface area contributed by atoms with Gasteiger partial charge in [-0.3, -0.25) is 14.3 Å². The zero-order valence-electron chi connectivity index (χ0n) is 22.4. The van der Waals surface area contributed by atoms with Crippen LogP contribution in [-0.4, -0.2) is 44.9 Å². The number of aryl methyl sites for hydroxylation is 2. The second-order valence-corrected chi connectivity index (χ2v) is 11.1. The van der Waals surface area contributed by atoms with Crippen LogP contribution in [-0.2, 0) is 23.1 Å². The number of sulfonamides is 1. The van der Waals surface area contributed by atoms with Crippen LogP contribution in [0.3, 0.4) is 0 Å². The van der Waals surface area contributed by atoms with Gasteiger partial charge in [-0.1, -0.05) is 40.5 Å². The van der Waals surface area contributed by atoms with Crippen molar-refractivity contribution in [2.24, 2.45) is 0 Å². The number of nitrogens with one attached hydrogen (secondary N) is 1. The number of aromatic amines is 1. The molecule has 0 saturated carbocycles. The van der Waals surface area contributed by atoms with E-state index in [4.69, 9.17) is 9.40 Å². The van der Waals surface area contributed by atoms with Gasteiger partial charge in [0.15, 0.2) is 22.7 Å². The molecule has 0 bridgehead atoms. The number of hydrogen-bond donors (Lipinski definition) is 1. The number of rotatable bonds is 12. The van der Waals surface area contributed by atoms with Crippen LogP contribution < -0.4 is 11.2 Å². The van der Waals surface area contributed by atoms with E-state index in [0.717, 1.165) is 25.7 Å². The van der Waals surface area contributed by atoms with Gasteiger partial charge in [0.1, 0.15) is 5.76 Å². The molecule has 1 aromatic carbocycles. The lowest BCUT2D eigenvalue weighted by molar-refractivity contribution is 0.445. The van der Waals surface area contributed by atoms with Crippen LogP contribution in [0.5, 0.6) is 0 Å². The summed E-state index contributed by atoms with van der Waals surface area (Å²) in [6.07, 6.45) is 3.41. The summed E-state index contributed by atoms with van der Waals surface area (Å²) in [4.78, 5) is 32.9. The van der Waals surface area contributed by atoms with Gasteiger partial charge in [0.2, 0.25) is 10.0 Å². The lowest BCUT2D eigenvalue weighted by atomic mass is 10.2. The molecule has 1 N–H and O–H groups in total. The molecular formula is C27H35N5O5S. The Morgan fingerprint density at radius 1 is 0.868 bits per heavy atom. The SMILES string of the molecule is CCCCn1c(-c2ccc(-c3ccc(S(=O)(=O)N(CC)CC)cc3)o2)nc2c1c(=O)[nH]c(=O)n2CCCC. The van der Waals surface area contributed by atoms with Gasteiger partial charge in [0.05, 0.1) is 4.90 Å². The van der Waals surface area contributed by atoms with E-state index in [1.54, 1.807) is 36.4 Å². The highest BCUT2D eigenvalue weighted by molar-refractivity contribution is 7.89. The van der Waals surface area contributed by atoms with Crippen molar-refractivity contribution in [1.82, 2.24) is 23.4 Å². The summed E-state index contributed by atoms with van der Waals surface area (Å²) in [5, 5.41) is 0. The fourth-order valence-corrected chi connectivity index (χ4v) is 5.99. The first-order valence-corrected chi connectivity index (χ1v) is 14.6. The Hall–Kier alpha value is -3.44. The third-order valence-electron chi connectivity index (χ3n) is 6.66. The van der Waals surface area contributed by atoms with Gasteiger partial charge >= 0.3 is 5.69 Å². The molecule has 204 valence electrons. The lowest BCUT2D eigenvalue weighted by Gasteiger charge is -2.18. The Balaban J connectivity index is 1.77. The molecule has 0 radical (unpaired) electrons. The zero-order valence-corrected chi connectivity index (χ0v) is 23.2. The minimum atomic E-state index is -3.56. The van der Waals surface area contributed by atoms with Gasteiger partial charge in [0, 0.05) is 31.7 Å². The van der Waals surface area contributed by atoms with E-state index < -0.39 is 21.3 Å². The molecule has 4 rings (SSSR count). The van der Waals surface area contributed by atoms with Crippen molar-refractivity contribution >= 4 is 21.2 Å². The molecule has 4 aromatic rings. The highest BCUT2D eigenvalue weighted by Gasteiger charge is 2.23. The number of nitrogens with zero attached hydrogens (tertiary/aromatic N) is 4. The number of benzene rings is 1. The topological polar surface area (TPSA) is 123 Å². The van der Waals surface area contributed by atoms with E-state index >= 15 is 0 Å². The van der Waals surface area contributed by atoms with Crippen LogP contribution in [0.4, 0.5) is 0 Å². The summed E-state index contributed by atoms with van der Waals surface area (Å²) in [7, 11) is -3.56. The molecular weight excluding hydrogens is 506 g/mol. The Morgan fingerprint density at radius 3 is 2.08 bits per heavy atom. The van der Waals surface area contributed by atoms with Gasteiger partial charge in [-0.15, -0.1) is 0 Å². The van der Waals surface area contributed by atoms with Gasteiger partial charge in [-0.2, -0.15) is 4.31 Å². The van der Waals surface area contributed by atoms with Crippen molar-refractivity contribution in [3.05, 3.63) is 57.2 Å². The maximum atomic E-state index is 12.9. The number of imidazole rings is 1. The molecule has 0 spiro atoms. The first-order valence-electron chi connectivity index (χ1n) is 13.2. The Kier molecular flexibility index (Phi) is 8.37. The predicted molar refractivity (Wildman–Crippen MR) is 148 cm³/mol. The largest absolute Gasteiger partial charge is 0.453 e. The molecule has 0 fully saturated rings. The molecule has 3 aromatic heterocycles. The van der Waals surface area contributed by atoms with Crippen LogP contribution >= 0.6 is 0 Å². The summed E-state index contributed by atoms with van der Waals surface area (Å²) < 4.78 is 36.6. The van der Waals surface area contributed by atoms with Crippen molar-refractivity contribution in [2.75, 3.05) is 13.1 Å². The van der Waals surface area contributed by atoms with Crippen LogP contribution in [0.1, 0.15) is 53.4 Å². The highest BCUT2D eigenvalue weighted by atomic mass is 32.2. The number of H-pyrrole nitrogens is 1. The van der Waals surface area contributed by atoms with Crippen LogP contribution in [0.25, 0.3) is 34.1 Å². The van der Waals surface area contributed by atoms with Gasteiger partial charge in [-0.25, -0.2) is 18.2 Å². The maximum absolute atomic E-state index is 12.9. The first kappa shape index (κ1) is 27.6. The van der Waals surface area contributed by atoms with Crippen molar-refractivity contribution in [2.45, 2.75) is 71.4 Å². The van der Waals surface area contributed by atoms with Crippen LogP contribution in [0, 0.1) is 0 Å². The third-order valence-corrected chi connectivity index (χ3v) is 8.73. The summed E-state index contributed by atoms with van der Waals surface area (Å²) in [6.45, 7) is 9.52. The summed E-state index contributed by atoms with van der Waals surface area (Å²) in [5.74, 6) is 1.47. The van der Waals surface area contributed by atoms with E-state index in [0.29, 0.717) is 60.3 Å². The predicted octanol–water partition coefficient (Wildman–Crippen LogP) is 4.44. The molecule has 0 atom stereocenters. The number of fused-ring (bicyclic) bond motifs is 1. The van der Waals surface area contributed by atoms with Gasteiger partial charge in [0.25, 0.3) is 5.56 Å². The first-order chi connectivity index (χ1) is 18.3. The normalized spacial score (nSPS) is 12.1. The molecule has 11 heteroatoms. The number of unbranched alkanes of at least 4 members (excludes halogenated alkanes) is 2. The fraction of sp³-hybridized carbons (Fsp3) is 0.444. The lowest BCUT2D eigenvalue weighted by Crippen LogP contribution is -2.31. The number of furan rings is 1. The average molecular weight is 542 g/mol. The van der Waals surface area contributed by atoms with Crippen molar-refractivity contribution in [1.29, 1.82) is 0 Å². The van der Waals surface area contributed by atoms with Crippen molar-refractivity contribution in [3.63, 3.8) is 0 Å². The fourth-order valence-electron chi connectivity index (χ4n) is 4.54. The summed E-state index contributed by atoms with van der Waals surface area (Å²) in [6, 6.07) is 10.2. The van der Waals surface area contributed by atoms with E-state index in [1.165, 1.54) is 8.87 Å². The average Bonchev–Trinajstić information content (AvgIpc) is 3.53. The minimum Gasteiger partial charge on any atom is -0.453 e. The smallest absolute Gasteiger partial charge is 0.330 e. The molecule has 0 unspecified atom stereocenters. The summed E-state index contributed by atoms with van der Waals surface area (Å²) in [5.41, 5.74) is 0.478. The van der Waals surface area contributed by atoms with Crippen LogP contribution in [0.2, 0.25) is 0 Å². The van der Waals surface area contributed by atoms with E-state index in [-0.39, 0.29) is 4.90 Å². The second kappa shape index (κ2) is 11.5. The van der Waals surface area contributed by atoms with Crippen molar-refractivity contribution < 1.29 is 12.8 Å². The van der Waals surface area contributed by atoms with Gasteiger partial charge < -0.3 is 8.98 Å². The quantitative estimate of drug-likeness (QED) is 0.283. The molecule has 0 saturated heterocycles. The maximum Gasteiger partial charge on any atom is 0.330 e. The van der Waals surface area contributed by atoms with Gasteiger partial charge in [-0.05, 0) is 49.2 Å². The van der Waals surface area contributed by atoms with E-state index in [2.05, 4.69) is 11.9 Å². The highest BCUT2D eigenvalue weighted by Crippen LogP contribution is 2.31. The molecule has 10 nitrogen and oxygen atoms in total. The van der Waals surface area contributed by atoms with Crippen molar-refractivity contribution in [3.8, 4) is 22.9 Å². The van der Waals surface area contributed by atoms with Crippen LogP contribution in [0.15, 0.2) is 55.3 Å². The number of hydrogen-bond acceptors (Lipinski definition) is 6. The Morgan fingerprint density at radius 2 is 1.47 bits per heavy atom. The molecule has 38 heavy (non-hydrogen) atoms. The molecule has 0 aliphatic heterocycles. The second-order valence-electron chi connectivity index (χ2n) is 9.15. The Bertz CT molecular complexity index is 1620. The number of aromatic nitrogens is 4. The van der Waals surface area contributed by atoms with E-state index in [1.807, 2.05) is 25.3 Å². The molecule has 0 amide bonds. The minimum absolute atomic E-state index is 0.224. The third kappa shape index (κ3) is 5.12. The monoisotopic (exact) mass is 541 g/mol. The zero-order chi connectivity index (χ0) is 27.4. The Labute approximate surface area is 222 Å². The molecule has 0 aliphatic carbocycles. The molecule has 3 heterocycles. The van der Waals surface area contributed by atoms with E-state index in [9.17, 15) is 18.0 Å².